The van der Waals surface area contributed by atoms with Gasteiger partial charge in [-0.2, -0.15) is 13.4 Å². The first-order chi connectivity index (χ1) is 7.74. The van der Waals surface area contributed by atoms with Crippen LogP contribution in [0.2, 0.25) is 0 Å². The average molecular weight is 262 g/mol. The summed E-state index contributed by atoms with van der Waals surface area (Å²) in [4.78, 5) is 7.75. The van der Waals surface area contributed by atoms with Gasteiger partial charge >= 0.3 is 0 Å². The predicted molar refractivity (Wildman–Crippen MR) is 59.0 cm³/mol. The molecule has 1 heterocycles. The largest absolute Gasteiger partial charge is 0.481 e. The molecular weight excluding hydrogens is 248 g/mol. The molecule has 0 bridgehead atoms. The van der Waals surface area contributed by atoms with E-state index >= 15 is 0 Å². The van der Waals surface area contributed by atoms with Gasteiger partial charge in [0.05, 0.1) is 13.4 Å². The number of hydrogen-bond acceptors (Lipinski definition) is 7. The van der Waals surface area contributed by atoms with Crippen molar-refractivity contribution in [1.29, 1.82) is 0 Å². The molecule has 0 amide bonds. The maximum absolute atomic E-state index is 10.8. The second kappa shape index (κ2) is 4.94. The Kier molecular flexibility index (Phi) is 4.02. The van der Waals surface area contributed by atoms with Crippen molar-refractivity contribution < 1.29 is 22.4 Å². The number of methoxy groups -OCH3 is 1. The second-order valence-electron chi connectivity index (χ2n) is 3.66. The summed E-state index contributed by atoms with van der Waals surface area (Å²) in [6.45, 7) is 0.895. The fourth-order valence-corrected chi connectivity index (χ4v) is 1.45. The summed E-state index contributed by atoms with van der Waals surface area (Å²) in [6.07, 6.45) is 2.30. The predicted octanol–water partition coefficient (Wildman–Crippen LogP) is -0.331. The van der Waals surface area contributed by atoms with E-state index in [1.54, 1.807) is 0 Å². The van der Waals surface area contributed by atoms with E-state index in [0.717, 1.165) is 6.26 Å². The monoisotopic (exact) mass is 262 g/mol. The third-order valence-corrected chi connectivity index (χ3v) is 2.42. The van der Waals surface area contributed by atoms with Crippen molar-refractivity contribution in [2.45, 2.75) is 12.5 Å². The van der Waals surface area contributed by atoms with E-state index in [2.05, 4.69) is 14.2 Å². The normalized spacial score (nSPS) is 15.3. The molecule has 0 aliphatic carbocycles. The van der Waals surface area contributed by atoms with E-state index in [1.165, 1.54) is 26.3 Å². The number of hydrogen-bond donors (Lipinski definition) is 1. The third-order valence-electron chi connectivity index (χ3n) is 1.87. The first kappa shape index (κ1) is 13.8. The van der Waals surface area contributed by atoms with Crippen LogP contribution in [0.3, 0.4) is 0 Å². The Labute approximate surface area is 99.6 Å². The SMILES string of the molecule is COc1ccnc([C@](C)(O)COS(C)(=O)=O)n1. The Morgan fingerprint density at radius 2 is 2.18 bits per heavy atom. The summed E-state index contributed by atoms with van der Waals surface area (Å²) in [5, 5.41) is 10.00. The molecule has 1 N–H and O–H groups in total. The van der Waals surface area contributed by atoms with Crippen molar-refractivity contribution in [2.75, 3.05) is 20.0 Å². The van der Waals surface area contributed by atoms with Crippen molar-refractivity contribution in [1.82, 2.24) is 9.97 Å². The highest BCUT2D eigenvalue weighted by molar-refractivity contribution is 7.85. The molecule has 8 heteroatoms. The Balaban J connectivity index is 2.88. The molecular formula is C9H14N2O5S. The third kappa shape index (κ3) is 4.25. The van der Waals surface area contributed by atoms with Crippen molar-refractivity contribution in [2.24, 2.45) is 0 Å². The van der Waals surface area contributed by atoms with Gasteiger partial charge in [-0.25, -0.2) is 4.98 Å². The van der Waals surface area contributed by atoms with E-state index in [1.807, 2.05) is 0 Å². The van der Waals surface area contributed by atoms with Gasteiger partial charge in [0, 0.05) is 12.3 Å². The van der Waals surface area contributed by atoms with Crippen LogP contribution in [-0.4, -0.2) is 43.5 Å². The minimum atomic E-state index is -3.63. The zero-order chi connectivity index (χ0) is 13.1. The van der Waals surface area contributed by atoms with Crippen LogP contribution in [0.4, 0.5) is 0 Å². The smallest absolute Gasteiger partial charge is 0.264 e. The summed E-state index contributed by atoms with van der Waals surface area (Å²) in [5.41, 5.74) is -1.61. The molecule has 1 aromatic heterocycles. The lowest BCUT2D eigenvalue weighted by atomic mass is 10.1. The van der Waals surface area contributed by atoms with Crippen LogP contribution >= 0.6 is 0 Å². The van der Waals surface area contributed by atoms with Gasteiger partial charge in [0.15, 0.2) is 5.82 Å². The number of nitrogens with zero attached hydrogens (tertiary/aromatic N) is 2. The lowest BCUT2D eigenvalue weighted by Gasteiger charge is -2.20. The quantitative estimate of drug-likeness (QED) is 0.725. The first-order valence-corrected chi connectivity index (χ1v) is 6.50. The molecule has 0 saturated carbocycles. The topological polar surface area (TPSA) is 98.6 Å². The molecule has 96 valence electrons. The van der Waals surface area contributed by atoms with Gasteiger partial charge in [-0.05, 0) is 6.92 Å². The van der Waals surface area contributed by atoms with Crippen molar-refractivity contribution in [3.63, 3.8) is 0 Å². The summed E-state index contributed by atoms with van der Waals surface area (Å²) >= 11 is 0. The number of aromatic nitrogens is 2. The average Bonchev–Trinajstić information content (AvgIpc) is 2.26. The number of ether oxygens (including phenoxy) is 1. The highest BCUT2D eigenvalue weighted by Crippen LogP contribution is 2.19. The first-order valence-electron chi connectivity index (χ1n) is 4.69. The molecule has 0 spiro atoms. The van der Waals surface area contributed by atoms with Gasteiger partial charge < -0.3 is 9.84 Å². The summed E-state index contributed by atoms with van der Waals surface area (Å²) in [7, 11) is -2.20. The van der Waals surface area contributed by atoms with E-state index in [0.29, 0.717) is 0 Å². The highest BCUT2D eigenvalue weighted by atomic mass is 32.2. The molecule has 0 aromatic carbocycles. The van der Waals surface area contributed by atoms with E-state index < -0.39 is 22.3 Å². The number of aliphatic hydroxyl groups is 1. The summed E-state index contributed by atoms with van der Waals surface area (Å²) in [6, 6.07) is 1.51. The minimum Gasteiger partial charge on any atom is -0.481 e. The molecule has 7 nitrogen and oxygen atoms in total. The maximum Gasteiger partial charge on any atom is 0.264 e. The van der Waals surface area contributed by atoms with Gasteiger partial charge in [-0.3, -0.25) is 4.18 Å². The summed E-state index contributed by atoms with van der Waals surface area (Å²) < 4.78 is 31.1. The van der Waals surface area contributed by atoms with Gasteiger partial charge in [-0.1, -0.05) is 0 Å². The molecule has 0 aliphatic heterocycles. The van der Waals surface area contributed by atoms with Gasteiger partial charge in [0.25, 0.3) is 10.1 Å². The Morgan fingerprint density at radius 3 is 2.71 bits per heavy atom. The van der Waals surface area contributed by atoms with E-state index in [9.17, 15) is 13.5 Å². The molecule has 1 rings (SSSR count). The van der Waals surface area contributed by atoms with E-state index in [4.69, 9.17) is 4.74 Å². The molecule has 0 aliphatic rings. The second-order valence-corrected chi connectivity index (χ2v) is 5.31. The van der Waals surface area contributed by atoms with Crippen LogP contribution in [0.25, 0.3) is 0 Å². The molecule has 0 saturated heterocycles. The highest BCUT2D eigenvalue weighted by Gasteiger charge is 2.29. The number of rotatable bonds is 5. The fourth-order valence-electron chi connectivity index (χ4n) is 1.00. The van der Waals surface area contributed by atoms with Crippen molar-refractivity contribution in [3.8, 4) is 5.88 Å². The van der Waals surface area contributed by atoms with Crippen molar-refractivity contribution in [3.05, 3.63) is 18.1 Å². The van der Waals surface area contributed by atoms with Crippen LogP contribution in [0.15, 0.2) is 12.3 Å². The van der Waals surface area contributed by atoms with Crippen molar-refractivity contribution >= 4 is 10.1 Å². The lowest BCUT2D eigenvalue weighted by molar-refractivity contribution is 0.00182. The molecule has 1 aromatic rings. The maximum atomic E-state index is 10.8. The Bertz CT molecular complexity index is 486. The zero-order valence-electron chi connectivity index (χ0n) is 9.74. The van der Waals surface area contributed by atoms with E-state index in [-0.39, 0.29) is 11.7 Å². The standard InChI is InChI=1S/C9H14N2O5S/c1-9(12,6-16-17(3,13)14)8-10-5-4-7(11-8)15-2/h4-5,12H,6H2,1-3H3/t9-/m1/s1. The molecule has 0 unspecified atom stereocenters. The van der Waals surface area contributed by atoms with Gasteiger partial charge in [0.2, 0.25) is 5.88 Å². The van der Waals surface area contributed by atoms with Gasteiger partial charge in [0.1, 0.15) is 12.2 Å². The fraction of sp³-hybridized carbons (Fsp3) is 0.556. The Morgan fingerprint density at radius 1 is 1.53 bits per heavy atom. The van der Waals surface area contributed by atoms with Crippen LogP contribution in [-0.2, 0) is 19.9 Å². The zero-order valence-corrected chi connectivity index (χ0v) is 10.6. The van der Waals surface area contributed by atoms with Crippen LogP contribution in [0, 0.1) is 0 Å². The molecule has 17 heavy (non-hydrogen) atoms. The van der Waals surface area contributed by atoms with Crippen LogP contribution < -0.4 is 4.74 Å². The molecule has 0 radical (unpaired) electrons. The molecule has 1 atom stereocenters. The molecule has 0 fully saturated rings. The summed E-state index contributed by atoms with van der Waals surface area (Å²) in [5.74, 6) is 0.301. The lowest BCUT2D eigenvalue weighted by Crippen LogP contribution is -2.31. The van der Waals surface area contributed by atoms with Gasteiger partial charge in [-0.15, -0.1) is 0 Å². The minimum absolute atomic E-state index is 0.0282. The van der Waals surface area contributed by atoms with Crippen LogP contribution in [0.5, 0.6) is 5.88 Å². The van der Waals surface area contributed by atoms with Crippen LogP contribution in [0.1, 0.15) is 12.7 Å². The Hall–Kier alpha value is -1.25.